The fourth-order valence-electron chi connectivity index (χ4n) is 24.6. The second kappa shape index (κ2) is 31.5. The lowest BCUT2D eigenvalue weighted by Crippen LogP contribution is -2.32. The first-order valence-electron chi connectivity index (χ1n) is 49.1. The number of aromatic nitrogens is 6. The molecule has 0 amide bonds. The van der Waals surface area contributed by atoms with Crippen LogP contribution in [0.25, 0.3) is 190 Å². The van der Waals surface area contributed by atoms with E-state index in [4.69, 9.17) is 44.1 Å². The maximum atomic E-state index is 7.24. The van der Waals surface area contributed by atoms with Crippen LogP contribution in [0.2, 0.25) is 0 Å². The molecule has 0 fully saturated rings. The molecule has 0 N–H and O–H groups in total. The molecule has 668 valence electrons. The molecule has 3 aromatic heterocycles. The summed E-state index contributed by atoms with van der Waals surface area (Å²) in [6.07, 6.45) is 0. The molecule has 24 aromatic rings. The molecule has 6 heterocycles. The van der Waals surface area contributed by atoms with Crippen LogP contribution in [0.3, 0.4) is 0 Å². The summed E-state index contributed by atoms with van der Waals surface area (Å²) >= 11 is 0. The molecule has 6 aliphatic rings. The average molecular weight is 1830 g/mol. The summed E-state index contributed by atoms with van der Waals surface area (Å²) in [5.74, 6) is 7.05. The molecule has 0 saturated heterocycles. The summed E-state index contributed by atoms with van der Waals surface area (Å²) in [5, 5.41) is 2.98. The zero-order chi connectivity index (χ0) is 94.5. The van der Waals surface area contributed by atoms with Gasteiger partial charge in [0.05, 0.1) is 49.9 Å². The van der Waals surface area contributed by atoms with E-state index in [0.717, 1.165) is 218 Å². The molecule has 21 aromatic carbocycles. The zero-order valence-electron chi connectivity index (χ0n) is 77.6. The molecule has 144 heavy (non-hydrogen) atoms. The van der Waals surface area contributed by atoms with Crippen LogP contribution < -0.4 is 14.2 Å². The highest BCUT2D eigenvalue weighted by Gasteiger charge is 2.55. The summed E-state index contributed by atoms with van der Waals surface area (Å²) < 4.78 is 20.6. The minimum atomic E-state index is -0.878. The third-order valence-corrected chi connectivity index (χ3v) is 31.0. The van der Waals surface area contributed by atoms with Crippen molar-refractivity contribution in [2.45, 2.75) is 16.2 Å². The van der Waals surface area contributed by atoms with Gasteiger partial charge in [0.1, 0.15) is 34.5 Å². The third-order valence-electron chi connectivity index (χ3n) is 31.0. The number of hydrogen-bond acceptors (Lipinski definition) is 9. The van der Waals surface area contributed by atoms with Crippen LogP contribution in [-0.4, -0.2) is 29.9 Å². The highest BCUT2D eigenvalue weighted by Crippen LogP contribution is 2.68. The molecule has 0 unspecified atom stereocenters. The van der Waals surface area contributed by atoms with Crippen LogP contribution in [0.5, 0.6) is 34.5 Å². The van der Waals surface area contributed by atoms with Crippen molar-refractivity contribution in [3.8, 4) is 191 Å². The van der Waals surface area contributed by atoms with Gasteiger partial charge >= 0.3 is 0 Å². The van der Waals surface area contributed by atoms with Crippen molar-refractivity contribution in [2.75, 3.05) is 0 Å². The molecule has 3 spiro atoms. The molecule has 3 aliphatic carbocycles. The van der Waals surface area contributed by atoms with Crippen LogP contribution >= 0.6 is 0 Å². The lowest BCUT2D eigenvalue weighted by atomic mass is 9.65. The highest BCUT2D eigenvalue weighted by molar-refractivity contribution is 6.03. The second-order valence-corrected chi connectivity index (χ2v) is 38.3. The summed E-state index contributed by atoms with van der Waals surface area (Å²) in [4.78, 5) is 32.1. The van der Waals surface area contributed by atoms with Crippen molar-refractivity contribution < 1.29 is 14.2 Å². The number of fused-ring (bicyclic) bond motifs is 30. The van der Waals surface area contributed by atoms with Gasteiger partial charge in [-0.05, 0) is 201 Å². The summed E-state index contributed by atoms with van der Waals surface area (Å²) in [6, 6.07) is 175. The Morgan fingerprint density at radius 1 is 0.139 bits per heavy atom. The Morgan fingerprint density at radius 2 is 0.417 bits per heavy atom. The minimum absolute atomic E-state index is 0.565. The largest absolute Gasteiger partial charge is 0.457 e. The molecule has 1 atom stereocenters. The zero-order valence-corrected chi connectivity index (χ0v) is 77.6. The van der Waals surface area contributed by atoms with E-state index in [0.29, 0.717) is 17.5 Å². The van der Waals surface area contributed by atoms with Gasteiger partial charge in [0, 0.05) is 82.9 Å². The van der Waals surface area contributed by atoms with Crippen molar-refractivity contribution in [3.63, 3.8) is 0 Å². The minimum Gasteiger partial charge on any atom is -0.457 e. The Kier molecular flexibility index (Phi) is 17.8. The van der Waals surface area contributed by atoms with Crippen molar-refractivity contribution in [1.29, 1.82) is 0 Å². The van der Waals surface area contributed by atoms with Crippen LogP contribution in [0.4, 0.5) is 0 Å². The molecule has 9 heteroatoms. The Hall–Kier alpha value is -19.0. The van der Waals surface area contributed by atoms with Crippen molar-refractivity contribution >= 4 is 32.7 Å². The van der Waals surface area contributed by atoms with E-state index in [9.17, 15) is 0 Å². The average Bonchev–Trinajstić information content (AvgIpc) is 1.49. The van der Waals surface area contributed by atoms with E-state index < -0.39 is 16.2 Å². The van der Waals surface area contributed by atoms with E-state index in [-0.39, 0.29) is 0 Å². The molecule has 3 aliphatic heterocycles. The quantitative estimate of drug-likeness (QED) is 0.125. The topological polar surface area (TPSA) is 105 Å². The Morgan fingerprint density at radius 3 is 0.875 bits per heavy atom. The summed E-state index contributed by atoms with van der Waals surface area (Å²) in [7, 11) is 0. The van der Waals surface area contributed by atoms with Crippen molar-refractivity contribution in [1.82, 2.24) is 29.9 Å². The van der Waals surface area contributed by atoms with Crippen LogP contribution in [0.15, 0.2) is 485 Å². The molecule has 0 radical (unpaired) electrons. The Labute approximate surface area is 830 Å². The van der Waals surface area contributed by atoms with Gasteiger partial charge in [-0.15, -0.1) is 0 Å². The molecular formula is C135H80N6O3. The first-order valence-corrected chi connectivity index (χ1v) is 49.1. The highest BCUT2D eigenvalue weighted by atomic mass is 16.5. The first-order chi connectivity index (χ1) is 71.3. The van der Waals surface area contributed by atoms with Gasteiger partial charge in [-0.1, -0.05) is 406 Å². The van der Waals surface area contributed by atoms with Gasteiger partial charge in [0.15, 0.2) is 17.5 Å². The molecule has 0 saturated carbocycles. The number of ether oxygens (including phenoxy) is 3. The normalized spacial score (nSPS) is 14.3. The lowest BCUT2D eigenvalue weighted by molar-refractivity contribution is 0.436. The Bertz CT molecular complexity index is 9460. The first kappa shape index (κ1) is 81.1. The third kappa shape index (κ3) is 12.0. The van der Waals surface area contributed by atoms with Gasteiger partial charge in [-0.25, -0.2) is 29.9 Å². The van der Waals surface area contributed by atoms with Crippen LogP contribution in [0, 0.1) is 0 Å². The maximum Gasteiger partial charge on any atom is 0.160 e. The van der Waals surface area contributed by atoms with Gasteiger partial charge in [-0.3, -0.25) is 0 Å². The molecule has 30 rings (SSSR count). The Balaban J connectivity index is 0.501. The lowest BCUT2D eigenvalue weighted by Gasteiger charge is -2.40. The number of rotatable bonds is 11. The van der Waals surface area contributed by atoms with Crippen molar-refractivity contribution in [2.24, 2.45) is 0 Å². The van der Waals surface area contributed by atoms with Crippen molar-refractivity contribution in [3.05, 3.63) is 552 Å². The summed E-state index contributed by atoms with van der Waals surface area (Å²) in [5.41, 5.74) is 41.1. The van der Waals surface area contributed by atoms with Crippen LogP contribution in [-0.2, 0) is 16.2 Å². The SMILES string of the molecule is c1ccc(-c2nc(-c3ccc(-c4ccc5c(c4)[C@]4(c6ccccc6Oc6ccc(-c7ccc(-c8nc(-c9ccc%10c(c9)-c9ccccc9C%109c%10ccccc%10Oc%10ccccc%109)c9ccccc9n8)cc7)cc64)c4cccc(-c6ccc(-c7ccc(-c8nc(-c9ccc(-c%10ccc%11c(c%10)C%10(c%12ccccc%12Oc%12ccccc%12%10)c%10ccccc%10-%11)cc9)c9ccccc9n8)cc7)cc6)c4-5)cc3)nc3ccccc23)cc1. The fourth-order valence-corrected chi connectivity index (χ4v) is 24.6. The fraction of sp³-hybridized carbons (Fsp3) is 0.0222. The smallest absolute Gasteiger partial charge is 0.160 e. The van der Waals surface area contributed by atoms with E-state index >= 15 is 0 Å². The van der Waals surface area contributed by atoms with Gasteiger partial charge in [0.25, 0.3) is 0 Å². The molecule has 0 bridgehead atoms. The van der Waals surface area contributed by atoms with E-state index in [1.165, 1.54) is 55.6 Å². The number of nitrogens with zero attached hydrogens (tertiary/aromatic N) is 6. The predicted molar refractivity (Wildman–Crippen MR) is 578 cm³/mol. The monoisotopic (exact) mass is 1830 g/mol. The van der Waals surface area contributed by atoms with E-state index in [1.54, 1.807) is 0 Å². The standard InChI is InChI=1S/C135H80N6O3/c1-2-25-87(26-3-1)127-101-29-6-16-41-117(101)136-130(139-127)90-65-55-84(56-66-90)93-70-74-100-115(79-93)135(112-39-15-23-48-124(112)144-125-76-72-94(80-116(125)135)85-57-67-91(68-58-85)132-138-119-43-18-8-31-103(119)129(141-132)95-71-75-107-104(77-95)98-28-5-10-34-106(98)133(107)108-35-11-19-44-120(108)142-121-45-20-12-36-109(121)133)113-40-24-32-96(126(100)113)86-59-49-81(50-60-86)82-53-63-89(64-54-82)131-137-118-42-17-7-30-102(118)128(140-131)88-61-51-83(52-62-88)92-69-73-99-97-27-4-9-33-105(97)134(114(99)78-92)110-37-13-21-46-122(110)143-123-47-22-14-38-111(123)134/h1-80H/t135-/m0/s1. The molecule has 9 nitrogen and oxygen atoms in total. The number of hydrogen-bond donors (Lipinski definition) is 0. The second-order valence-electron chi connectivity index (χ2n) is 38.3. The van der Waals surface area contributed by atoms with E-state index in [2.05, 4.69) is 473 Å². The van der Waals surface area contributed by atoms with Gasteiger partial charge in [-0.2, -0.15) is 0 Å². The summed E-state index contributed by atoms with van der Waals surface area (Å²) in [6.45, 7) is 0. The van der Waals surface area contributed by atoms with E-state index in [1.807, 2.05) is 12.1 Å². The maximum absolute atomic E-state index is 7.24. The predicted octanol–water partition coefficient (Wildman–Crippen LogP) is 33.3. The van der Waals surface area contributed by atoms with Gasteiger partial charge < -0.3 is 14.2 Å². The number of benzene rings is 21. The number of para-hydroxylation sites is 8. The molecular weight excluding hydrogens is 1750 g/mol. The van der Waals surface area contributed by atoms with Crippen LogP contribution in [0.1, 0.15) is 66.8 Å². The van der Waals surface area contributed by atoms with Gasteiger partial charge in [0.2, 0.25) is 0 Å².